The first-order valence-electron chi connectivity index (χ1n) is 3.78. The molecule has 1 N–H and O–H groups in total. The average Bonchev–Trinajstić information content (AvgIpc) is 2.51. The molecular formula is C9H13NOS. The van der Waals surface area contributed by atoms with Crippen LogP contribution in [0.1, 0.15) is 4.88 Å². The van der Waals surface area contributed by atoms with E-state index >= 15 is 0 Å². The van der Waals surface area contributed by atoms with Crippen LogP contribution in [0.2, 0.25) is 0 Å². The molecule has 1 aromatic rings. The van der Waals surface area contributed by atoms with Crippen molar-refractivity contribution in [1.29, 1.82) is 0 Å². The van der Waals surface area contributed by atoms with Crippen LogP contribution in [0.25, 0.3) is 5.76 Å². The minimum absolute atomic E-state index is 0.374. The van der Waals surface area contributed by atoms with E-state index in [4.69, 9.17) is 0 Å². The molecule has 0 aliphatic rings. The van der Waals surface area contributed by atoms with Gasteiger partial charge in [-0.15, -0.1) is 11.3 Å². The van der Waals surface area contributed by atoms with Crippen LogP contribution in [-0.4, -0.2) is 30.6 Å². The summed E-state index contributed by atoms with van der Waals surface area (Å²) in [6, 6.07) is 3.84. The van der Waals surface area contributed by atoms with Gasteiger partial charge in [-0.1, -0.05) is 6.07 Å². The van der Waals surface area contributed by atoms with Crippen LogP contribution in [0.4, 0.5) is 0 Å². The predicted molar refractivity (Wildman–Crippen MR) is 53.5 cm³/mol. The molecule has 66 valence electrons. The summed E-state index contributed by atoms with van der Waals surface area (Å²) >= 11 is 1.55. The van der Waals surface area contributed by atoms with Crippen molar-refractivity contribution >= 4 is 17.1 Å². The zero-order valence-corrected chi connectivity index (χ0v) is 8.14. The van der Waals surface area contributed by atoms with Crippen molar-refractivity contribution in [3.05, 3.63) is 28.5 Å². The van der Waals surface area contributed by atoms with Crippen molar-refractivity contribution in [1.82, 2.24) is 4.90 Å². The Kier molecular flexibility index (Phi) is 3.31. The SMILES string of the molecule is CN(C)C/C=C(\O)c1cccs1. The molecule has 0 spiro atoms. The second kappa shape index (κ2) is 4.28. The third-order valence-corrected chi connectivity index (χ3v) is 2.32. The van der Waals surface area contributed by atoms with E-state index in [-0.39, 0.29) is 0 Å². The largest absolute Gasteiger partial charge is 0.507 e. The second-order valence-corrected chi connectivity index (χ2v) is 3.78. The van der Waals surface area contributed by atoms with E-state index in [1.165, 1.54) is 0 Å². The fourth-order valence-electron chi connectivity index (χ4n) is 0.794. The van der Waals surface area contributed by atoms with E-state index in [1.54, 1.807) is 11.3 Å². The smallest absolute Gasteiger partial charge is 0.130 e. The molecule has 2 nitrogen and oxygen atoms in total. The Hall–Kier alpha value is -0.800. The van der Waals surface area contributed by atoms with Gasteiger partial charge >= 0.3 is 0 Å². The van der Waals surface area contributed by atoms with Crippen LogP contribution in [0.3, 0.4) is 0 Å². The number of rotatable bonds is 3. The van der Waals surface area contributed by atoms with Gasteiger partial charge in [-0.25, -0.2) is 0 Å². The monoisotopic (exact) mass is 183 g/mol. The molecule has 0 bridgehead atoms. The lowest BCUT2D eigenvalue weighted by atomic mass is 10.3. The van der Waals surface area contributed by atoms with Crippen molar-refractivity contribution in [3.8, 4) is 0 Å². The molecule has 1 rings (SSSR count). The Morgan fingerprint density at radius 3 is 2.92 bits per heavy atom. The third kappa shape index (κ3) is 2.68. The lowest BCUT2D eigenvalue weighted by molar-refractivity contribution is 0.447. The second-order valence-electron chi connectivity index (χ2n) is 2.83. The van der Waals surface area contributed by atoms with Gasteiger partial charge in [0.25, 0.3) is 0 Å². The molecule has 0 atom stereocenters. The molecule has 1 heterocycles. The Bertz CT molecular complexity index is 252. The minimum Gasteiger partial charge on any atom is -0.507 e. The van der Waals surface area contributed by atoms with Gasteiger partial charge in [-0.05, 0) is 31.6 Å². The van der Waals surface area contributed by atoms with Gasteiger partial charge in [0.2, 0.25) is 0 Å². The van der Waals surface area contributed by atoms with E-state index < -0.39 is 0 Å². The molecule has 0 radical (unpaired) electrons. The summed E-state index contributed by atoms with van der Waals surface area (Å²) in [5.74, 6) is 0.374. The Morgan fingerprint density at radius 2 is 2.42 bits per heavy atom. The summed E-state index contributed by atoms with van der Waals surface area (Å²) in [6.45, 7) is 0.768. The van der Waals surface area contributed by atoms with E-state index in [0.29, 0.717) is 5.76 Å². The zero-order chi connectivity index (χ0) is 8.97. The maximum atomic E-state index is 9.50. The number of hydrogen-bond donors (Lipinski definition) is 1. The first kappa shape index (κ1) is 9.29. The van der Waals surface area contributed by atoms with E-state index in [0.717, 1.165) is 11.4 Å². The molecule has 3 heteroatoms. The molecular weight excluding hydrogens is 170 g/mol. The molecule has 12 heavy (non-hydrogen) atoms. The minimum atomic E-state index is 0.374. The maximum absolute atomic E-state index is 9.50. The molecule has 0 fully saturated rings. The number of aliphatic hydroxyl groups is 1. The van der Waals surface area contributed by atoms with E-state index in [9.17, 15) is 5.11 Å². The number of nitrogens with zero attached hydrogens (tertiary/aromatic N) is 1. The highest BCUT2D eigenvalue weighted by Gasteiger charge is 1.97. The highest BCUT2D eigenvalue weighted by atomic mass is 32.1. The van der Waals surface area contributed by atoms with Gasteiger partial charge in [0.1, 0.15) is 5.76 Å². The van der Waals surface area contributed by atoms with E-state index in [2.05, 4.69) is 0 Å². The summed E-state index contributed by atoms with van der Waals surface area (Å²) in [6.07, 6.45) is 1.81. The Balaban J connectivity index is 2.59. The van der Waals surface area contributed by atoms with Crippen molar-refractivity contribution in [3.63, 3.8) is 0 Å². The van der Waals surface area contributed by atoms with Crippen LogP contribution in [0.15, 0.2) is 23.6 Å². The zero-order valence-electron chi connectivity index (χ0n) is 7.32. The van der Waals surface area contributed by atoms with Crippen molar-refractivity contribution in [2.75, 3.05) is 20.6 Å². The number of hydrogen-bond acceptors (Lipinski definition) is 3. The molecule has 1 aromatic heterocycles. The average molecular weight is 183 g/mol. The molecule has 0 aromatic carbocycles. The quantitative estimate of drug-likeness (QED) is 0.726. The fourth-order valence-corrected chi connectivity index (χ4v) is 1.46. The first-order chi connectivity index (χ1) is 5.70. The van der Waals surface area contributed by atoms with Crippen molar-refractivity contribution in [2.45, 2.75) is 0 Å². The summed E-state index contributed by atoms with van der Waals surface area (Å²) < 4.78 is 0. The van der Waals surface area contributed by atoms with E-state index in [1.807, 2.05) is 42.6 Å². The molecule has 0 amide bonds. The molecule has 0 unspecified atom stereocenters. The fraction of sp³-hybridized carbons (Fsp3) is 0.333. The number of aliphatic hydroxyl groups excluding tert-OH is 1. The summed E-state index contributed by atoms with van der Waals surface area (Å²) in [4.78, 5) is 2.93. The van der Waals surface area contributed by atoms with Gasteiger partial charge in [-0.2, -0.15) is 0 Å². The Morgan fingerprint density at radius 1 is 1.67 bits per heavy atom. The molecule has 0 aliphatic carbocycles. The first-order valence-corrected chi connectivity index (χ1v) is 4.66. The number of likely N-dealkylation sites (N-methyl/N-ethyl adjacent to an activating group) is 1. The third-order valence-electron chi connectivity index (χ3n) is 1.42. The predicted octanol–water partition coefficient (Wildman–Crippen LogP) is 2.21. The maximum Gasteiger partial charge on any atom is 0.130 e. The summed E-state index contributed by atoms with van der Waals surface area (Å²) in [7, 11) is 3.94. The van der Waals surface area contributed by atoms with Crippen molar-refractivity contribution in [2.24, 2.45) is 0 Å². The Labute approximate surface area is 76.8 Å². The molecule has 0 saturated carbocycles. The summed E-state index contributed by atoms with van der Waals surface area (Å²) in [5.41, 5.74) is 0. The molecule has 0 saturated heterocycles. The van der Waals surface area contributed by atoms with Crippen LogP contribution >= 0.6 is 11.3 Å². The van der Waals surface area contributed by atoms with Crippen LogP contribution in [0, 0.1) is 0 Å². The van der Waals surface area contributed by atoms with Crippen LogP contribution in [0.5, 0.6) is 0 Å². The number of thiophene rings is 1. The summed E-state index contributed by atoms with van der Waals surface area (Å²) in [5, 5.41) is 11.5. The standard InChI is InChI=1S/C9H13NOS/c1-10(2)6-5-8(11)9-4-3-7-12-9/h3-5,7,11H,6H2,1-2H3/b8-5-. The lowest BCUT2D eigenvalue weighted by Gasteiger charge is -2.04. The van der Waals surface area contributed by atoms with Crippen molar-refractivity contribution < 1.29 is 5.11 Å². The van der Waals surface area contributed by atoms with Crippen LogP contribution in [-0.2, 0) is 0 Å². The van der Waals surface area contributed by atoms with Gasteiger partial charge in [0.15, 0.2) is 0 Å². The van der Waals surface area contributed by atoms with Gasteiger partial charge in [0, 0.05) is 6.54 Å². The van der Waals surface area contributed by atoms with Crippen LogP contribution < -0.4 is 0 Å². The highest BCUT2D eigenvalue weighted by Crippen LogP contribution is 2.16. The highest BCUT2D eigenvalue weighted by molar-refractivity contribution is 7.11. The van der Waals surface area contributed by atoms with Gasteiger partial charge < -0.3 is 10.0 Å². The van der Waals surface area contributed by atoms with Gasteiger partial charge in [-0.3, -0.25) is 0 Å². The van der Waals surface area contributed by atoms with Gasteiger partial charge in [0.05, 0.1) is 4.88 Å². The lowest BCUT2D eigenvalue weighted by Crippen LogP contribution is -2.10. The topological polar surface area (TPSA) is 23.5 Å². The normalized spacial score (nSPS) is 12.4. The molecule has 0 aliphatic heterocycles.